The third kappa shape index (κ3) is 4.83. The van der Waals surface area contributed by atoms with Gasteiger partial charge in [0.25, 0.3) is 5.91 Å². The molecule has 3 aromatic rings. The molecule has 0 aliphatic rings. The molecule has 5 nitrogen and oxygen atoms in total. The van der Waals surface area contributed by atoms with E-state index in [2.05, 4.69) is 36.8 Å². The second-order valence-electron chi connectivity index (χ2n) is 5.47. The van der Waals surface area contributed by atoms with Crippen LogP contribution in [-0.2, 0) is 0 Å². The van der Waals surface area contributed by atoms with Gasteiger partial charge in [-0.2, -0.15) is 0 Å². The van der Waals surface area contributed by atoms with Gasteiger partial charge in [0.1, 0.15) is 0 Å². The Morgan fingerprint density at radius 3 is 2.60 bits per heavy atom. The summed E-state index contributed by atoms with van der Waals surface area (Å²) in [7, 11) is 3.95. The van der Waals surface area contributed by atoms with Crippen molar-refractivity contribution in [2.75, 3.05) is 32.1 Å². The first-order valence-corrected chi connectivity index (χ1v) is 9.62. The molecule has 2 heterocycles. The van der Waals surface area contributed by atoms with Crippen molar-refractivity contribution >= 4 is 76.9 Å². The highest BCUT2D eigenvalue weighted by atomic mass is 79.9. The summed E-state index contributed by atoms with van der Waals surface area (Å²) >= 11 is 8.20. The van der Waals surface area contributed by atoms with Crippen LogP contribution in [0, 0.1) is 0 Å². The Kier molecular flexibility index (Phi) is 7.04. The first-order chi connectivity index (χ1) is 11.4. The molecule has 0 atom stereocenters. The molecule has 25 heavy (non-hydrogen) atoms. The number of hydrogen-bond donors (Lipinski definition) is 0. The van der Waals surface area contributed by atoms with Gasteiger partial charge < -0.3 is 9.32 Å². The average Bonchev–Trinajstić information content (AvgIpc) is 3.12. The number of amides is 1. The lowest BCUT2D eigenvalue weighted by Gasteiger charge is -2.20. The number of carbonyl (C=O) groups excluding carboxylic acids is 1. The standard InChI is InChI=1S/C16H15Br2N3O2S.ClH/c1-20(2)7-8-21(15(22)12-5-6-14(18)23-12)16-19-11-4-3-10(17)9-13(11)24-16;/h3-6,9H,7-8H2,1-2H3;1H. The number of aromatic nitrogens is 1. The topological polar surface area (TPSA) is 49.6 Å². The lowest BCUT2D eigenvalue weighted by atomic mass is 10.3. The van der Waals surface area contributed by atoms with Crippen LogP contribution in [0.1, 0.15) is 10.6 Å². The van der Waals surface area contributed by atoms with E-state index in [4.69, 9.17) is 4.42 Å². The summed E-state index contributed by atoms with van der Waals surface area (Å²) in [6, 6.07) is 9.28. The Hall–Kier alpha value is -0.930. The van der Waals surface area contributed by atoms with Crippen molar-refractivity contribution in [1.29, 1.82) is 0 Å². The fraction of sp³-hybridized carbons (Fsp3) is 0.250. The SMILES string of the molecule is CN(C)CCN(C(=O)c1ccc(Br)o1)c1nc2ccc(Br)cc2s1.Cl. The number of rotatable bonds is 5. The van der Waals surface area contributed by atoms with E-state index in [1.54, 1.807) is 17.0 Å². The first kappa shape index (κ1) is 20.4. The van der Waals surface area contributed by atoms with Gasteiger partial charge in [-0.1, -0.05) is 27.3 Å². The van der Waals surface area contributed by atoms with Crippen molar-refractivity contribution in [3.63, 3.8) is 0 Å². The largest absolute Gasteiger partial charge is 0.444 e. The van der Waals surface area contributed by atoms with E-state index >= 15 is 0 Å². The van der Waals surface area contributed by atoms with Gasteiger partial charge in [0.2, 0.25) is 0 Å². The third-order valence-electron chi connectivity index (χ3n) is 3.37. The molecule has 2 aromatic heterocycles. The number of anilines is 1. The summed E-state index contributed by atoms with van der Waals surface area (Å²) < 4.78 is 7.99. The zero-order chi connectivity index (χ0) is 17.3. The monoisotopic (exact) mass is 507 g/mol. The number of benzene rings is 1. The van der Waals surface area contributed by atoms with Gasteiger partial charge in [0.05, 0.1) is 10.2 Å². The molecule has 1 amide bonds. The Morgan fingerprint density at radius 2 is 1.96 bits per heavy atom. The van der Waals surface area contributed by atoms with Gasteiger partial charge in [-0.3, -0.25) is 9.69 Å². The van der Waals surface area contributed by atoms with Crippen LogP contribution >= 0.6 is 55.6 Å². The zero-order valence-corrected chi connectivity index (χ0v) is 18.3. The van der Waals surface area contributed by atoms with Crippen LogP contribution in [0.3, 0.4) is 0 Å². The molecule has 0 saturated heterocycles. The lowest BCUT2D eigenvalue weighted by Crippen LogP contribution is -2.36. The maximum atomic E-state index is 12.9. The predicted octanol–water partition coefficient (Wildman–Crippen LogP) is 5.04. The van der Waals surface area contributed by atoms with Gasteiger partial charge in [-0.15, -0.1) is 12.4 Å². The van der Waals surface area contributed by atoms with Crippen molar-refractivity contribution in [1.82, 2.24) is 9.88 Å². The van der Waals surface area contributed by atoms with Crippen molar-refractivity contribution in [3.8, 4) is 0 Å². The third-order valence-corrected chi connectivity index (χ3v) is 5.33. The summed E-state index contributed by atoms with van der Waals surface area (Å²) in [6.45, 7) is 1.26. The molecular weight excluding hydrogens is 494 g/mol. The van der Waals surface area contributed by atoms with Gasteiger partial charge in [-0.25, -0.2) is 4.98 Å². The summed E-state index contributed by atoms with van der Waals surface area (Å²) in [6.07, 6.45) is 0. The molecular formula is C16H16Br2ClN3O2S. The maximum absolute atomic E-state index is 12.9. The fourth-order valence-corrected chi connectivity index (χ4v) is 4.00. The maximum Gasteiger partial charge on any atom is 0.295 e. The van der Waals surface area contributed by atoms with E-state index in [1.165, 1.54) is 11.3 Å². The number of fused-ring (bicyclic) bond motifs is 1. The minimum atomic E-state index is -0.194. The van der Waals surface area contributed by atoms with E-state index in [9.17, 15) is 4.79 Å². The predicted molar refractivity (Wildman–Crippen MR) is 111 cm³/mol. The number of nitrogens with zero attached hydrogens (tertiary/aromatic N) is 3. The van der Waals surface area contributed by atoms with Crippen molar-refractivity contribution in [3.05, 3.63) is 45.2 Å². The molecule has 0 spiro atoms. The number of halogens is 3. The Balaban J connectivity index is 0.00000225. The van der Waals surface area contributed by atoms with E-state index in [1.807, 2.05) is 37.2 Å². The Morgan fingerprint density at radius 1 is 1.20 bits per heavy atom. The van der Waals surface area contributed by atoms with Crippen molar-refractivity contribution in [2.45, 2.75) is 0 Å². The quantitative estimate of drug-likeness (QED) is 0.483. The molecule has 0 bridgehead atoms. The molecule has 0 radical (unpaired) electrons. The van der Waals surface area contributed by atoms with E-state index in [0.717, 1.165) is 21.2 Å². The number of thiazole rings is 1. The van der Waals surface area contributed by atoms with E-state index in [0.29, 0.717) is 22.1 Å². The van der Waals surface area contributed by atoms with Gasteiger partial charge in [0.15, 0.2) is 15.6 Å². The van der Waals surface area contributed by atoms with Crippen LogP contribution in [0.15, 0.2) is 43.9 Å². The van der Waals surface area contributed by atoms with Crippen LogP contribution in [0.4, 0.5) is 5.13 Å². The smallest absolute Gasteiger partial charge is 0.295 e. The minimum Gasteiger partial charge on any atom is -0.444 e. The van der Waals surface area contributed by atoms with Crippen LogP contribution in [0.2, 0.25) is 0 Å². The molecule has 3 rings (SSSR count). The molecule has 1 aromatic carbocycles. The van der Waals surface area contributed by atoms with Crippen molar-refractivity contribution in [2.24, 2.45) is 0 Å². The Bertz CT molecular complexity index is 881. The molecule has 0 N–H and O–H groups in total. The summed E-state index contributed by atoms with van der Waals surface area (Å²) in [5, 5.41) is 0.669. The summed E-state index contributed by atoms with van der Waals surface area (Å²) in [4.78, 5) is 21.2. The first-order valence-electron chi connectivity index (χ1n) is 7.22. The van der Waals surface area contributed by atoms with E-state index < -0.39 is 0 Å². The highest BCUT2D eigenvalue weighted by Crippen LogP contribution is 2.32. The number of carbonyl (C=O) groups is 1. The molecule has 134 valence electrons. The van der Waals surface area contributed by atoms with Gasteiger partial charge in [0, 0.05) is 17.6 Å². The number of furan rings is 1. The molecule has 0 unspecified atom stereocenters. The van der Waals surface area contributed by atoms with Gasteiger partial charge in [-0.05, 0) is 60.4 Å². The van der Waals surface area contributed by atoms with Crippen LogP contribution in [0.5, 0.6) is 0 Å². The normalized spacial score (nSPS) is 10.9. The van der Waals surface area contributed by atoms with E-state index in [-0.39, 0.29) is 18.3 Å². The van der Waals surface area contributed by atoms with Crippen LogP contribution < -0.4 is 4.90 Å². The summed E-state index contributed by atoms with van der Waals surface area (Å²) in [5.41, 5.74) is 0.876. The second kappa shape index (κ2) is 8.64. The van der Waals surface area contributed by atoms with Gasteiger partial charge >= 0.3 is 0 Å². The molecule has 0 saturated carbocycles. The minimum absolute atomic E-state index is 0. The van der Waals surface area contributed by atoms with Crippen LogP contribution in [0.25, 0.3) is 10.2 Å². The lowest BCUT2D eigenvalue weighted by molar-refractivity contribution is 0.0957. The number of hydrogen-bond acceptors (Lipinski definition) is 5. The highest BCUT2D eigenvalue weighted by Gasteiger charge is 2.24. The second-order valence-corrected chi connectivity index (χ2v) is 8.18. The Labute approximate surface area is 172 Å². The highest BCUT2D eigenvalue weighted by molar-refractivity contribution is 9.10. The zero-order valence-electron chi connectivity index (χ0n) is 13.5. The molecule has 0 fully saturated rings. The molecule has 9 heteroatoms. The average molecular weight is 510 g/mol. The molecule has 0 aliphatic carbocycles. The van der Waals surface area contributed by atoms with Crippen LogP contribution in [-0.4, -0.2) is 43.0 Å². The fourth-order valence-electron chi connectivity index (χ4n) is 2.15. The summed E-state index contributed by atoms with van der Waals surface area (Å²) in [5.74, 6) is 0.0988. The van der Waals surface area contributed by atoms with Crippen molar-refractivity contribution < 1.29 is 9.21 Å². The molecule has 0 aliphatic heterocycles. The number of likely N-dealkylation sites (N-methyl/N-ethyl adjacent to an activating group) is 1.